The van der Waals surface area contributed by atoms with E-state index in [9.17, 15) is 0 Å². The lowest BCUT2D eigenvalue weighted by molar-refractivity contribution is 1.15. The summed E-state index contributed by atoms with van der Waals surface area (Å²) in [4.78, 5) is 0. The first-order valence-corrected chi connectivity index (χ1v) is 6.60. The van der Waals surface area contributed by atoms with Crippen LogP contribution >= 0.6 is 7.36 Å². The van der Waals surface area contributed by atoms with E-state index in [-0.39, 0.29) is 0 Å². The molecule has 0 nitrogen and oxygen atoms in total. The molecule has 2 heteroatoms. The third-order valence-electron chi connectivity index (χ3n) is 2.40. The van der Waals surface area contributed by atoms with Gasteiger partial charge in [0.25, 0.3) is 0 Å². The standard InChI is InChI=1S/C12H11PS/c1-2-9-3-4-11-8-12(13-14)6-5-10(11)7-9/h3-8H,2H2,1H3. The predicted octanol–water partition coefficient (Wildman–Crippen LogP) is 3.44. The average Bonchev–Trinajstić information content (AvgIpc) is 2.27. The van der Waals surface area contributed by atoms with Crippen LogP contribution in [0.15, 0.2) is 36.4 Å². The molecular formula is C12H11PS. The Morgan fingerprint density at radius 3 is 2.50 bits per heavy atom. The van der Waals surface area contributed by atoms with E-state index >= 15 is 0 Å². The fourth-order valence-corrected chi connectivity index (χ4v) is 2.23. The van der Waals surface area contributed by atoms with Gasteiger partial charge in [0, 0.05) is 12.7 Å². The minimum absolute atomic E-state index is 0.926. The van der Waals surface area contributed by atoms with E-state index in [0.717, 1.165) is 13.8 Å². The Kier molecular flexibility index (Phi) is 2.90. The summed E-state index contributed by atoms with van der Waals surface area (Å²) in [5.74, 6) is 0. The smallest absolute Gasteiger partial charge is 0.0134 e. The van der Waals surface area contributed by atoms with Crippen molar-refractivity contribution in [2.24, 2.45) is 0 Å². The minimum atomic E-state index is 0.926. The monoisotopic (exact) mass is 218 g/mol. The fraction of sp³-hybridized carbons (Fsp3) is 0.167. The van der Waals surface area contributed by atoms with Crippen LogP contribution in [0.4, 0.5) is 0 Å². The van der Waals surface area contributed by atoms with E-state index in [0.29, 0.717) is 0 Å². The number of fused-ring (bicyclic) bond motifs is 1. The first-order chi connectivity index (χ1) is 6.83. The molecule has 0 aliphatic rings. The van der Waals surface area contributed by atoms with Crippen molar-refractivity contribution in [3.63, 3.8) is 0 Å². The second-order valence-electron chi connectivity index (χ2n) is 3.31. The van der Waals surface area contributed by atoms with Crippen LogP contribution in [0.25, 0.3) is 10.8 Å². The summed E-state index contributed by atoms with van der Waals surface area (Å²) in [6.45, 7) is 2.18. The maximum absolute atomic E-state index is 5.00. The van der Waals surface area contributed by atoms with Gasteiger partial charge in [-0.15, -0.1) is 0 Å². The van der Waals surface area contributed by atoms with Crippen LogP contribution in [0.5, 0.6) is 0 Å². The Balaban J connectivity index is 2.63. The molecule has 0 spiro atoms. The van der Waals surface area contributed by atoms with Crippen LogP contribution in [0, 0.1) is 0 Å². The molecular weight excluding hydrogens is 207 g/mol. The van der Waals surface area contributed by atoms with E-state index in [1.165, 1.54) is 21.6 Å². The van der Waals surface area contributed by atoms with Crippen molar-refractivity contribution in [3.05, 3.63) is 42.0 Å². The van der Waals surface area contributed by atoms with Gasteiger partial charge in [-0.3, -0.25) is 0 Å². The summed E-state index contributed by atoms with van der Waals surface area (Å²) in [6.07, 6.45) is 1.09. The number of aryl methyl sites for hydroxylation is 1. The molecule has 0 aromatic heterocycles. The highest BCUT2D eigenvalue weighted by atomic mass is 32.4. The second-order valence-corrected chi connectivity index (χ2v) is 4.56. The van der Waals surface area contributed by atoms with E-state index < -0.39 is 0 Å². The summed E-state index contributed by atoms with van der Waals surface area (Å²) in [7, 11) is 0.926. The Hall–Kier alpha value is -0.780. The van der Waals surface area contributed by atoms with Crippen molar-refractivity contribution >= 4 is 35.2 Å². The predicted molar refractivity (Wildman–Crippen MR) is 67.2 cm³/mol. The highest BCUT2D eigenvalue weighted by Crippen LogP contribution is 2.16. The Morgan fingerprint density at radius 2 is 1.79 bits per heavy atom. The van der Waals surface area contributed by atoms with Gasteiger partial charge in [-0.1, -0.05) is 43.0 Å². The zero-order valence-electron chi connectivity index (χ0n) is 8.03. The lowest BCUT2D eigenvalue weighted by Gasteiger charge is -2.01. The molecule has 0 radical (unpaired) electrons. The highest BCUT2D eigenvalue weighted by Gasteiger charge is 1.96. The van der Waals surface area contributed by atoms with E-state index in [4.69, 9.17) is 11.8 Å². The van der Waals surface area contributed by atoms with Crippen molar-refractivity contribution in [3.8, 4) is 0 Å². The molecule has 14 heavy (non-hydrogen) atoms. The fourth-order valence-electron chi connectivity index (χ4n) is 1.56. The van der Waals surface area contributed by atoms with Gasteiger partial charge in [-0.2, -0.15) is 0 Å². The summed E-state index contributed by atoms with van der Waals surface area (Å²) in [5, 5.41) is 3.81. The second kappa shape index (κ2) is 4.16. The Labute approximate surface area is 90.8 Å². The third kappa shape index (κ3) is 1.84. The number of rotatable bonds is 2. The van der Waals surface area contributed by atoms with Crippen LogP contribution in [-0.4, -0.2) is 0 Å². The van der Waals surface area contributed by atoms with Crippen LogP contribution in [-0.2, 0) is 18.2 Å². The van der Waals surface area contributed by atoms with Crippen LogP contribution in [0.1, 0.15) is 12.5 Å². The van der Waals surface area contributed by atoms with Crippen molar-refractivity contribution < 1.29 is 0 Å². The molecule has 0 saturated carbocycles. The molecule has 0 fully saturated rings. The topological polar surface area (TPSA) is 0 Å². The summed E-state index contributed by atoms with van der Waals surface area (Å²) < 4.78 is 0. The normalized spacial score (nSPS) is 10.9. The molecule has 2 aromatic carbocycles. The summed E-state index contributed by atoms with van der Waals surface area (Å²) in [6, 6.07) is 13.0. The van der Waals surface area contributed by atoms with E-state index in [2.05, 4.69) is 43.3 Å². The maximum atomic E-state index is 5.00. The van der Waals surface area contributed by atoms with Crippen molar-refractivity contribution in [1.29, 1.82) is 0 Å². The molecule has 0 atom stereocenters. The van der Waals surface area contributed by atoms with Gasteiger partial charge in [-0.05, 0) is 34.9 Å². The Bertz CT molecular complexity index is 477. The Morgan fingerprint density at radius 1 is 1.07 bits per heavy atom. The zero-order chi connectivity index (χ0) is 9.97. The molecule has 0 bridgehead atoms. The molecule has 0 saturated heterocycles. The number of hydrogen-bond donors (Lipinski definition) is 0. The van der Waals surface area contributed by atoms with Gasteiger partial charge >= 0.3 is 0 Å². The molecule has 0 heterocycles. The van der Waals surface area contributed by atoms with Crippen molar-refractivity contribution in [2.45, 2.75) is 13.3 Å². The molecule has 2 rings (SSSR count). The molecule has 0 aliphatic carbocycles. The molecule has 0 amide bonds. The lowest BCUT2D eigenvalue weighted by atomic mass is 10.1. The summed E-state index contributed by atoms with van der Waals surface area (Å²) in [5.41, 5.74) is 1.39. The first kappa shape index (κ1) is 9.76. The first-order valence-electron chi connectivity index (χ1n) is 4.69. The van der Waals surface area contributed by atoms with Crippen LogP contribution in [0.3, 0.4) is 0 Å². The highest BCUT2D eigenvalue weighted by molar-refractivity contribution is 7.99. The SMILES string of the molecule is CCc1ccc2cc(P=S)ccc2c1. The van der Waals surface area contributed by atoms with E-state index in [1.54, 1.807) is 0 Å². The number of hydrogen-bond acceptors (Lipinski definition) is 1. The molecule has 70 valence electrons. The maximum Gasteiger partial charge on any atom is 0.0134 e. The average molecular weight is 218 g/mol. The van der Waals surface area contributed by atoms with E-state index in [1.807, 2.05) is 0 Å². The minimum Gasteiger partial charge on any atom is -0.0613 e. The molecule has 0 unspecified atom stereocenters. The van der Waals surface area contributed by atoms with Gasteiger partial charge in [0.1, 0.15) is 0 Å². The third-order valence-corrected chi connectivity index (χ3v) is 3.52. The quantitative estimate of drug-likeness (QED) is 0.696. The van der Waals surface area contributed by atoms with Gasteiger partial charge in [0.05, 0.1) is 0 Å². The molecule has 0 aliphatic heterocycles. The van der Waals surface area contributed by atoms with Crippen LogP contribution < -0.4 is 5.30 Å². The van der Waals surface area contributed by atoms with Crippen molar-refractivity contribution in [1.82, 2.24) is 0 Å². The van der Waals surface area contributed by atoms with Gasteiger partial charge in [-0.25, -0.2) is 0 Å². The van der Waals surface area contributed by atoms with Gasteiger partial charge in [0.2, 0.25) is 0 Å². The van der Waals surface area contributed by atoms with Crippen molar-refractivity contribution in [2.75, 3.05) is 0 Å². The summed E-state index contributed by atoms with van der Waals surface area (Å²) >= 11 is 5.00. The molecule has 0 N–H and O–H groups in total. The largest absolute Gasteiger partial charge is 0.0613 e. The van der Waals surface area contributed by atoms with Gasteiger partial charge in [0.15, 0.2) is 0 Å². The molecule has 2 aromatic rings. The number of benzene rings is 2. The van der Waals surface area contributed by atoms with Gasteiger partial charge < -0.3 is 0 Å². The van der Waals surface area contributed by atoms with Crippen LogP contribution in [0.2, 0.25) is 0 Å². The lowest BCUT2D eigenvalue weighted by Crippen LogP contribution is -1.90. The zero-order valence-corrected chi connectivity index (χ0v) is 9.74.